The minimum atomic E-state index is 0.390. The van der Waals surface area contributed by atoms with E-state index in [9.17, 15) is 0 Å². The first-order chi connectivity index (χ1) is 21.5. The molecule has 0 aliphatic heterocycles. The Hall–Kier alpha value is -3.28. The van der Waals surface area contributed by atoms with Gasteiger partial charge >= 0.3 is 0 Å². The maximum absolute atomic E-state index is 5.45. The molecule has 0 aliphatic rings. The molecule has 252 valence electrons. The van der Waals surface area contributed by atoms with Crippen LogP contribution in [0, 0.1) is 0 Å². The van der Waals surface area contributed by atoms with Crippen LogP contribution in [0.2, 0.25) is 0 Å². The minimum Gasteiger partial charge on any atom is -0.363 e. The van der Waals surface area contributed by atoms with Crippen LogP contribution in [-0.2, 0) is 0 Å². The van der Waals surface area contributed by atoms with Crippen LogP contribution in [-0.4, -0.2) is 48.3 Å². The van der Waals surface area contributed by atoms with Crippen molar-refractivity contribution in [2.45, 2.75) is 159 Å². The maximum atomic E-state index is 5.45. The lowest BCUT2D eigenvalue weighted by Gasteiger charge is -2.33. The molecule has 0 aliphatic carbocycles. The Kier molecular flexibility index (Phi) is 10.7. The van der Waals surface area contributed by atoms with Gasteiger partial charge in [-0.3, -0.25) is 0 Å². The van der Waals surface area contributed by atoms with Gasteiger partial charge in [0, 0.05) is 52.7 Å². The molecule has 4 aromatic carbocycles. The zero-order valence-electron chi connectivity index (χ0n) is 31.8. The van der Waals surface area contributed by atoms with Crippen molar-refractivity contribution in [3.63, 3.8) is 0 Å². The molecule has 1 N–H and O–H groups in total. The predicted octanol–water partition coefficient (Wildman–Crippen LogP) is 9.03. The van der Waals surface area contributed by atoms with Gasteiger partial charge in [-0.1, -0.05) is 24.3 Å². The summed E-state index contributed by atoms with van der Waals surface area (Å²) in [5.74, 6) is 0. The fourth-order valence-corrected chi connectivity index (χ4v) is 7.75. The second kappa shape index (κ2) is 13.8. The summed E-state index contributed by atoms with van der Waals surface area (Å²) < 4.78 is 2.56. The van der Waals surface area contributed by atoms with Crippen LogP contribution in [0.1, 0.15) is 111 Å². The van der Waals surface area contributed by atoms with Gasteiger partial charge in [-0.05, 0) is 123 Å². The van der Waals surface area contributed by atoms with Crippen molar-refractivity contribution < 1.29 is 0 Å². The van der Waals surface area contributed by atoms with Gasteiger partial charge < -0.3 is 20.0 Å². The molecular formula is C40H63N6+. The quantitative estimate of drug-likeness (QED) is 0.142. The Morgan fingerprint density at radius 3 is 1.37 bits per heavy atom. The number of rotatable bonds is 14. The van der Waals surface area contributed by atoms with Crippen molar-refractivity contribution in [3.05, 3.63) is 47.1 Å². The van der Waals surface area contributed by atoms with Gasteiger partial charge in [0.25, 0.3) is 5.36 Å². The molecule has 6 heteroatoms. The summed E-state index contributed by atoms with van der Waals surface area (Å²) in [5, 5.41) is 8.78. The highest BCUT2D eigenvalue weighted by atomic mass is 15.3. The summed E-state index contributed by atoms with van der Waals surface area (Å²) in [5.41, 5.74) is 7.35. The van der Waals surface area contributed by atoms with E-state index in [2.05, 4.69) is 172 Å². The molecule has 4 rings (SSSR count). The molecule has 46 heavy (non-hydrogen) atoms. The van der Waals surface area contributed by atoms with E-state index >= 15 is 0 Å². The van der Waals surface area contributed by atoms with Crippen LogP contribution < -0.4 is 35.3 Å². The summed E-state index contributed by atoms with van der Waals surface area (Å²) in [6, 6.07) is 16.4. The highest BCUT2D eigenvalue weighted by Gasteiger charge is 2.38. The van der Waals surface area contributed by atoms with Gasteiger partial charge in [0.15, 0.2) is 0 Å². The highest BCUT2D eigenvalue weighted by Crippen LogP contribution is 2.41. The fraction of sp³-hybridized carbons (Fsp3) is 0.600. The highest BCUT2D eigenvalue weighted by molar-refractivity contribution is 6.03. The Bertz CT molecular complexity index is 1590. The van der Waals surface area contributed by atoms with Crippen molar-refractivity contribution in [1.82, 2.24) is 4.58 Å². The lowest BCUT2D eigenvalue weighted by molar-refractivity contribution is 0.429. The van der Waals surface area contributed by atoms with Crippen LogP contribution in [0.15, 0.2) is 41.4 Å². The van der Waals surface area contributed by atoms with Crippen molar-refractivity contribution in [1.29, 1.82) is 0 Å². The average Bonchev–Trinajstić information content (AvgIpc) is 3.79. The lowest BCUT2D eigenvalue weighted by Crippen LogP contribution is -2.41. The third-order valence-electron chi connectivity index (χ3n) is 9.12. The molecule has 0 spiro atoms. The van der Waals surface area contributed by atoms with Crippen molar-refractivity contribution in [2.75, 3.05) is 20.0 Å². The predicted molar refractivity (Wildman–Crippen MR) is 204 cm³/mol. The maximum Gasteiger partial charge on any atom is 0.252 e. The number of hydrogen-bond donors (Lipinski definition) is 1. The van der Waals surface area contributed by atoms with Crippen LogP contribution in [0.4, 0.5) is 34.1 Å². The SMILES string of the molecule is CC(C)N(c1c(N(C(C)C)C(C)C)c1=Nc1cccc2c(Nc3c(N(C(C)C)C(C)C)c3=[N+](C(C)C)C(C)C)cccc12)C(C)C. The first-order valence-corrected chi connectivity index (χ1v) is 17.9. The van der Waals surface area contributed by atoms with E-state index in [0.29, 0.717) is 48.3 Å². The standard InChI is InChI=1S/C40H62N6/c1-23(2)43(24(3)4)37-35(38(37)44(25(5)6)26(7)8)41-33-21-17-20-32-31(33)19-18-22-34(32)42-36-39(45(27(9)10)28(11)12)40(36)46(29(13)14)30(15)16/h17-30H,1-16H3/p+1. The molecule has 0 unspecified atom stereocenters. The van der Waals surface area contributed by atoms with Gasteiger partial charge in [0.05, 0.1) is 17.1 Å². The number of nitrogens with zero attached hydrogens (tertiary/aromatic N) is 5. The molecule has 6 nitrogen and oxygen atoms in total. The summed E-state index contributed by atoms with van der Waals surface area (Å²) in [6.07, 6.45) is 0. The topological polar surface area (TPSA) is 37.1 Å². The second-order valence-corrected chi connectivity index (χ2v) is 15.4. The Morgan fingerprint density at radius 2 is 0.935 bits per heavy atom. The fourth-order valence-electron chi connectivity index (χ4n) is 7.75. The molecule has 4 aromatic rings. The van der Waals surface area contributed by atoms with E-state index in [1.807, 2.05) is 0 Å². The first-order valence-electron chi connectivity index (χ1n) is 17.9. The van der Waals surface area contributed by atoms with Crippen LogP contribution in [0.3, 0.4) is 0 Å². The van der Waals surface area contributed by atoms with Gasteiger partial charge in [0.1, 0.15) is 28.8 Å². The van der Waals surface area contributed by atoms with Gasteiger partial charge in [-0.15, -0.1) is 0 Å². The van der Waals surface area contributed by atoms with Crippen LogP contribution >= 0.6 is 0 Å². The molecule has 0 heterocycles. The molecular weight excluding hydrogens is 564 g/mol. The second-order valence-electron chi connectivity index (χ2n) is 15.4. The summed E-state index contributed by atoms with van der Waals surface area (Å²) in [6.45, 7) is 36.7. The van der Waals surface area contributed by atoms with Crippen molar-refractivity contribution >= 4 is 44.9 Å². The zero-order chi connectivity index (χ0) is 34.4. The summed E-state index contributed by atoms with van der Waals surface area (Å²) >= 11 is 0. The molecule has 0 atom stereocenters. The Morgan fingerprint density at radius 1 is 0.522 bits per heavy atom. The van der Waals surface area contributed by atoms with Crippen molar-refractivity contribution in [3.8, 4) is 0 Å². The zero-order valence-corrected chi connectivity index (χ0v) is 31.8. The third-order valence-corrected chi connectivity index (χ3v) is 9.12. The van der Waals surface area contributed by atoms with Crippen LogP contribution in [0.5, 0.6) is 0 Å². The number of anilines is 5. The molecule has 0 saturated heterocycles. The average molecular weight is 628 g/mol. The molecule has 0 amide bonds. The number of nitrogens with one attached hydrogen (secondary N) is 1. The summed E-state index contributed by atoms with van der Waals surface area (Å²) in [4.78, 5) is 13.1. The number of fused-ring (bicyclic) bond motifs is 1. The minimum absolute atomic E-state index is 0.390. The largest absolute Gasteiger partial charge is 0.363 e. The lowest BCUT2D eigenvalue weighted by atomic mass is 10.1. The normalized spacial score (nSPS) is 12.6. The molecule has 0 radical (unpaired) electrons. The smallest absolute Gasteiger partial charge is 0.252 e. The van der Waals surface area contributed by atoms with Crippen LogP contribution in [0.25, 0.3) is 10.8 Å². The Balaban J connectivity index is 1.90. The first kappa shape index (κ1) is 35.6. The van der Waals surface area contributed by atoms with Gasteiger partial charge in [0.2, 0.25) is 0 Å². The third kappa shape index (κ3) is 6.87. The van der Waals surface area contributed by atoms with E-state index in [4.69, 9.17) is 4.99 Å². The number of benzene rings is 2. The molecule has 0 aromatic heterocycles. The van der Waals surface area contributed by atoms with E-state index in [-0.39, 0.29) is 0 Å². The van der Waals surface area contributed by atoms with E-state index in [0.717, 1.165) is 16.7 Å². The molecule has 0 bridgehead atoms. The van der Waals surface area contributed by atoms with Crippen molar-refractivity contribution in [2.24, 2.45) is 4.99 Å². The van der Waals surface area contributed by atoms with E-state index in [1.54, 1.807) is 0 Å². The van der Waals surface area contributed by atoms with Gasteiger partial charge in [-0.2, -0.15) is 0 Å². The van der Waals surface area contributed by atoms with Gasteiger partial charge in [-0.25, -0.2) is 9.57 Å². The van der Waals surface area contributed by atoms with E-state index < -0.39 is 0 Å². The molecule has 0 saturated carbocycles. The number of hydrogen-bond acceptors (Lipinski definition) is 5. The molecule has 0 fully saturated rings. The Labute approximate surface area is 280 Å². The monoisotopic (exact) mass is 628 g/mol. The summed E-state index contributed by atoms with van der Waals surface area (Å²) in [7, 11) is 0. The van der Waals surface area contributed by atoms with E-state index in [1.165, 1.54) is 38.9 Å².